The first-order valence-electron chi connectivity index (χ1n) is 11.7. The van der Waals surface area contributed by atoms with E-state index >= 15 is 0 Å². The largest absolute Gasteiger partial charge is 0.346 e. The lowest BCUT2D eigenvalue weighted by atomic mass is 10.0. The van der Waals surface area contributed by atoms with Crippen molar-refractivity contribution >= 4 is 22.6 Å². The normalized spacial score (nSPS) is 11.2. The van der Waals surface area contributed by atoms with E-state index in [-0.39, 0.29) is 11.2 Å². The highest BCUT2D eigenvalue weighted by Crippen LogP contribution is 2.31. The van der Waals surface area contributed by atoms with Crippen molar-refractivity contribution < 1.29 is 4.79 Å². The monoisotopic (exact) mass is 470 g/mol. The van der Waals surface area contributed by atoms with E-state index < -0.39 is 5.91 Å². The number of hydrogen-bond acceptors (Lipinski definition) is 5. The Morgan fingerprint density at radius 1 is 1.20 bits per heavy atom. The molecule has 0 aliphatic carbocycles. The number of nitrogens with zero attached hydrogens (tertiary/aromatic N) is 3. The first kappa shape index (κ1) is 24.1. The molecule has 0 aliphatic rings. The van der Waals surface area contributed by atoms with Crippen molar-refractivity contribution in [2.45, 2.75) is 39.8 Å². The van der Waals surface area contributed by atoms with Gasteiger partial charge in [0, 0.05) is 71.7 Å². The summed E-state index contributed by atoms with van der Waals surface area (Å²) < 4.78 is 1.61. The Kier molecular flexibility index (Phi) is 7.22. The Morgan fingerprint density at radius 2 is 2.03 bits per heavy atom. The number of carbonyl (C=O) groups excluding carboxylic acids is 1. The molecule has 4 rings (SSSR count). The van der Waals surface area contributed by atoms with Crippen molar-refractivity contribution in [1.82, 2.24) is 24.8 Å². The molecule has 8 nitrogen and oxygen atoms in total. The molecule has 0 bridgehead atoms. The lowest BCUT2D eigenvalue weighted by Crippen LogP contribution is -2.32. The summed E-state index contributed by atoms with van der Waals surface area (Å²) in [5, 5.41) is 6.93. The van der Waals surface area contributed by atoms with Gasteiger partial charge in [0.15, 0.2) is 0 Å². The molecule has 4 heterocycles. The molecule has 0 radical (unpaired) electrons. The van der Waals surface area contributed by atoms with Gasteiger partial charge < -0.3 is 20.2 Å². The van der Waals surface area contributed by atoms with Crippen LogP contribution in [0.5, 0.6) is 0 Å². The number of nitrogens with one attached hydrogen (secondary N) is 3. The first-order valence-corrected chi connectivity index (χ1v) is 11.7. The van der Waals surface area contributed by atoms with Gasteiger partial charge in [0.1, 0.15) is 11.3 Å². The lowest BCUT2D eigenvalue weighted by molar-refractivity contribution is -0.111. The smallest absolute Gasteiger partial charge is 0.274 e. The average molecular weight is 471 g/mol. The number of H-pyrrole nitrogens is 1. The van der Waals surface area contributed by atoms with Crippen LogP contribution < -0.4 is 16.2 Å². The molecular weight excluding hydrogens is 440 g/mol. The summed E-state index contributed by atoms with van der Waals surface area (Å²) in [6.07, 6.45) is 9.35. The Morgan fingerprint density at radius 3 is 2.77 bits per heavy atom. The Labute approximate surface area is 204 Å². The van der Waals surface area contributed by atoms with Crippen molar-refractivity contribution in [3.8, 4) is 22.3 Å². The highest BCUT2D eigenvalue weighted by Gasteiger charge is 2.14. The fourth-order valence-corrected chi connectivity index (χ4v) is 3.95. The highest BCUT2D eigenvalue weighted by molar-refractivity contribution is 5.99. The molecule has 3 N–H and O–H groups in total. The van der Waals surface area contributed by atoms with Gasteiger partial charge in [-0.25, -0.2) is 4.98 Å². The van der Waals surface area contributed by atoms with Gasteiger partial charge in [-0.15, -0.1) is 0 Å². The Balaban J connectivity index is 1.79. The van der Waals surface area contributed by atoms with Crippen LogP contribution in [0, 0.1) is 0 Å². The number of aryl methyl sites for hydroxylation is 1. The first-order chi connectivity index (χ1) is 16.9. The van der Waals surface area contributed by atoms with E-state index in [4.69, 9.17) is 0 Å². The molecule has 4 aromatic heterocycles. The minimum Gasteiger partial charge on any atom is -0.346 e. The van der Waals surface area contributed by atoms with Crippen LogP contribution in [0.15, 0.2) is 66.5 Å². The molecule has 0 saturated heterocycles. The van der Waals surface area contributed by atoms with Gasteiger partial charge in [-0.3, -0.25) is 14.6 Å². The molecule has 180 valence electrons. The molecule has 0 atom stereocenters. The van der Waals surface area contributed by atoms with Crippen LogP contribution >= 0.6 is 0 Å². The van der Waals surface area contributed by atoms with Crippen LogP contribution in [-0.4, -0.2) is 38.0 Å². The second-order valence-electron chi connectivity index (χ2n) is 8.66. The molecule has 8 heteroatoms. The molecule has 4 aromatic rings. The third-order valence-corrected chi connectivity index (χ3v) is 5.79. The summed E-state index contributed by atoms with van der Waals surface area (Å²) in [7, 11) is 0. The van der Waals surface area contributed by atoms with Crippen molar-refractivity contribution in [2.75, 3.05) is 11.9 Å². The number of rotatable bonds is 9. The van der Waals surface area contributed by atoms with Gasteiger partial charge in [0.25, 0.3) is 5.56 Å². The van der Waals surface area contributed by atoms with Gasteiger partial charge in [-0.1, -0.05) is 27.4 Å². The number of aromatic amines is 1. The summed E-state index contributed by atoms with van der Waals surface area (Å²) in [4.78, 5) is 37.2. The predicted octanol–water partition coefficient (Wildman–Crippen LogP) is 4.14. The standard InChI is InChI=1S/C27H30N6O2/c1-5-21-11-18(7-8-29-21)23-15-31-26-22(23)12-19(14-30-26)20-13-24(32-25(34)6-2)27(35)33(16-20)10-9-28-17(3)4/h6-8,11-17,28H,2,5,9-10H2,1,3-4H3,(H,30,31)(H,32,34). The zero-order valence-corrected chi connectivity index (χ0v) is 20.3. The number of hydrogen-bond donors (Lipinski definition) is 3. The van der Waals surface area contributed by atoms with E-state index in [2.05, 4.69) is 65.1 Å². The summed E-state index contributed by atoms with van der Waals surface area (Å²) in [5.74, 6) is -0.433. The van der Waals surface area contributed by atoms with Crippen LogP contribution in [0.1, 0.15) is 26.5 Å². The van der Waals surface area contributed by atoms with Crippen LogP contribution in [0.3, 0.4) is 0 Å². The fraction of sp³-hybridized carbons (Fsp3) is 0.259. The van der Waals surface area contributed by atoms with Gasteiger partial charge >= 0.3 is 0 Å². The quantitative estimate of drug-likeness (QED) is 0.319. The predicted molar refractivity (Wildman–Crippen MR) is 140 cm³/mol. The zero-order chi connectivity index (χ0) is 24.9. The van der Waals surface area contributed by atoms with Crippen molar-refractivity contribution in [3.05, 3.63) is 77.8 Å². The summed E-state index contributed by atoms with van der Waals surface area (Å²) in [6, 6.07) is 8.11. The molecular formula is C27H30N6O2. The molecule has 0 aromatic carbocycles. The molecule has 0 saturated carbocycles. The van der Waals surface area contributed by atoms with Crippen LogP contribution in [0.2, 0.25) is 0 Å². The van der Waals surface area contributed by atoms with Crippen LogP contribution in [0.4, 0.5) is 5.69 Å². The Hall–Kier alpha value is -4.04. The average Bonchev–Trinajstić information content (AvgIpc) is 3.29. The minimum absolute atomic E-state index is 0.202. The van der Waals surface area contributed by atoms with E-state index in [0.29, 0.717) is 19.1 Å². The maximum Gasteiger partial charge on any atom is 0.274 e. The maximum atomic E-state index is 13.0. The van der Waals surface area contributed by atoms with Gasteiger partial charge in [-0.05, 0) is 42.3 Å². The van der Waals surface area contributed by atoms with Crippen molar-refractivity contribution in [3.63, 3.8) is 0 Å². The number of amides is 1. The molecule has 1 amide bonds. The van der Waals surface area contributed by atoms with Crippen LogP contribution in [0.25, 0.3) is 33.3 Å². The number of anilines is 1. The Bertz CT molecular complexity index is 1430. The minimum atomic E-state index is -0.433. The summed E-state index contributed by atoms with van der Waals surface area (Å²) in [5.41, 5.74) is 5.43. The van der Waals surface area contributed by atoms with E-state index in [0.717, 1.165) is 51.5 Å². The number of aromatic nitrogens is 4. The van der Waals surface area contributed by atoms with E-state index in [9.17, 15) is 9.59 Å². The molecule has 0 unspecified atom stereocenters. The molecule has 35 heavy (non-hydrogen) atoms. The highest BCUT2D eigenvalue weighted by atomic mass is 16.2. The SMILES string of the molecule is C=CC(=O)Nc1cc(-c2cnc3[nH]cc(-c4ccnc(CC)c4)c3c2)cn(CCNC(C)C)c1=O. The second-order valence-corrected chi connectivity index (χ2v) is 8.66. The van der Waals surface area contributed by atoms with Gasteiger partial charge in [0.2, 0.25) is 5.91 Å². The summed E-state index contributed by atoms with van der Waals surface area (Å²) >= 11 is 0. The van der Waals surface area contributed by atoms with Crippen molar-refractivity contribution in [1.29, 1.82) is 0 Å². The molecule has 0 aliphatic heterocycles. The number of pyridine rings is 3. The summed E-state index contributed by atoms with van der Waals surface area (Å²) in [6.45, 7) is 10.8. The second kappa shape index (κ2) is 10.5. The fourth-order valence-electron chi connectivity index (χ4n) is 3.95. The zero-order valence-electron chi connectivity index (χ0n) is 20.3. The number of carbonyl (C=O) groups is 1. The third-order valence-electron chi connectivity index (χ3n) is 5.79. The van der Waals surface area contributed by atoms with E-state index in [1.165, 1.54) is 0 Å². The molecule has 0 fully saturated rings. The molecule has 0 spiro atoms. The number of fused-ring (bicyclic) bond motifs is 1. The third kappa shape index (κ3) is 5.38. The maximum absolute atomic E-state index is 13.0. The van der Waals surface area contributed by atoms with Gasteiger partial charge in [-0.2, -0.15) is 0 Å². The van der Waals surface area contributed by atoms with E-state index in [1.807, 2.05) is 24.7 Å². The van der Waals surface area contributed by atoms with Crippen molar-refractivity contribution in [2.24, 2.45) is 0 Å². The van der Waals surface area contributed by atoms with Crippen LogP contribution in [-0.2, 0) is 17.8 Å². The van der Waals surface area contributed by atoms with E-state index in [1.54, 1.807) is 16.8 Å². The lowest BCUT2D eigenvalue weighted by Gasteiger charge is -2.14. The van der Waals surface area contributed by atoms with Gasteiger partial charge in [0.05, 0.1) is 0 Å². The topological polar surface area (TPSA) is 105 Å².